The van der Waals surface area contributed by atoms with Gasteiger partial charge in [0.15, 0.2) is 0 Å². The van der Waals surface area contributed by atoms with Gasteiger partial charge in [-0.3, -0.25) is 19.0 Å². The molecule has 0 aliphatic carbocycles. The van der Waals surface area contributed by atoms with Crippen LogP contribution in [-0.2, 0) is 11.3 Å². The minimum absolute atomic E-state index is 0.242. The maximum Gasteiger partial charge on any atom is 0.261 e. The summed E-state index contributed by atoms with van der Waals surface area (Å²) in [5.74, 6) is -1.37. The molecule has 3 aromatic carbocycles. The number of nitrogens with one attached hydrogen (secondary N) is 2. The van der Waals surface area contributed by atoms with Gasteiger partial charge in [0.2, 0.25) is 5.91 Å². The molecule has 4 aromatic rings. The smallest absolute Gasteiger partial charge is 0.261 e. The highest BCUT2D eigenvalue weighted by Gasteiger charge is 2.11. The Morgan fingerprint density at radius 3 is 2.50 bits per heavy atom. The number of anilines is 2. The zero-order valence-electron chi connectivity index (χ0n) is 16.5. The molecular formula is C23H16BrFN4O3. The molecule has 9 heteroatoms. The lowest BCUT2D eigenvalue weighted by Gasteiger charge is -2.10. The van der Waals surface area contributed by atoms with E-state index in [9.17, 15) is 18.8 Å². The Kier molecular flexibility index (Phi) is 6.09. The van der Waals surface area contributed by atoms with Crippen molar-refractivity contribution < 1.29 is 14.0 Å². The first-order chi connectivity index (χ1) is 15.4. The Hall–Kier alpha value is -3.85. The molecule has 160 valence electrons. The van der Waals surface area contributed by atoms with Gasteiger partial charge in [-0.15, -0.1) is 0 Å². The predicted molar refractivity (Wildman–Crippen MR) is 123 cm³/mol. The lowest BCUT2D eigenvalue weighted by Crippen LogP contribution is -2.28. The van der Waals surface area contributed by atoms with Crippen molar-refractivity contribution >= 4 is 50.0 Å². The van der Waals surface area contributed by atoms with Crippen LogP contribution >= 0.6 is 15.9 Å². The number of halogens is 2. The second-order valence-electron chi connectivity index (χ2n) is 6.93. The summed E-state index contributed by atoms with van der Waals surface area (Å²) in [7, 11) is 0. The molecule has 0 saturated heterocycles. The maximum absolute atomic E-state index is 13.3. The molecule has 2 amide bonds. The number of aromatic nitrogens is 2. The molecule has 1 heterocycles. The molecule has 0 bridgehead atoms. The molecule has 0 aliphatic heterocycles. The van der Waals surface area contributed by atoms with Crippen LogP contribution in [0.15, 0.2) is 82.3 Å². The third-order valence-corrected chi connectivity index (χ3v) is 5.08. The van der Waals surface area contributed by atoms with E-state index in [-0.39, 0.29) is 17.7 Å². The number of carbonyl (C=O) groups excluding carboxylic acids is 2. The zero-order valence-corrected chi connectivity index (χ0v) is 18.1. The normalized spacial score (nSPS) is 10.7. The molecule has 0 saturated carbocycles. The standard InChI is InChI=1S/C23H16BrFN4O3/c24-15-7-8-20-19(10-15)23(32)29(13-26-20)12-21(30)27-17-5-1-3-14(9-17)22(31)28-18-6-2-4-16(25)11-18/h1-11,13H,12H2,(H,27,30)(H,28,31). The number of rotatable bonds is 5. The second kappa shape index (κ2) is 9.11. The molecule has 1 aromatic heterocycles. The van der Waals surface area contributed by atoms with Crippen molar-refractivity contribution in [3.8, 4) is 0 Å². The van der Waals surface area contributed by atoms with E-state index < -0.39 is 17.6 Å². The molecule has 0 radical (unpaired) electrons. The highest BCUT2D eigenvalue weighted by atomic mass is 79.9. The zero-order chi connectivity index (χ0) is 22.7. The van der Waals surface area contributed by atoms with Gasteiger partial charge in [-0.2, -0.15) is 0 Å². The van der Waals surface area contributed by atoms with Crippen molar-refractivity contribution in [2.24, 2.45) is 0 Å². The monoisotopic (exact) mass is 494 g/mol. The van der Waals surface area contributed by atoms with Crippen molar-refractivity contribution in [3.05, 3.63) is 99.3 Å². The fourth-order valence-electron chi connectivity index (χ4n) is 3.11. The molecule has 4 rings (SSSR count). The summed E-state index contributed by atoms with van der Waals surface area (Å²) in [5, 5.41) is 5.66. The first-order valence-electron chi connectivity index (χ1n) is 9.50. The van der Waals surface area contributed by atoms with Crippen LogP contribution in [0, 0.1) is 5.82 Å². The lowest BCUT2D eigenvalue weighted by molar-refractivity contribution is -0.116. The molecule has 7 nitrogen and oxygen atoms in total. The minimum atomic E-state index is -0.463. The Labute approximate surface area is 190 Å². The van der Waals surface area contributed by atoms with E-state index in [1.54, 1.807) is 42.5 Å². The third-order valence-electron chi connectivity index (χ3n) is 4.59. The Morgan fingerprint density at radius 1 is 0.969 bits per heavy atom. The molecular weight excluding hydrogens is 479 g/mol. The molecule has 2 N–H and O–H groups in total. The van der Waals surface area contributed by atoms with E-state index in [1.807, 2.05) is 0 Å². The fourth-order valence-corrected chi connectivity index (χ4v) is 3.47. The number of carbonyl (C=O) groups is 2. The van der Waals surface area contributed by atoms with Gasteiger partial charge in [0.05, 0.1) is 17.2 Å². The second-order valence-corrected chi connectivity index (χ2v) is 7.85. The largest absolute Gasteiger partial charge is 0.325 e. The molecule has 0 aliphatic rings. The number of nitrogens with zero attached hydrogens (tertiary/aromatic N) is 2. The van der Waals surface area contributed by atoms with Crippen LogP contribution < -0.4 is 16.2 Å². The molecule has 0 atom stereocenters. The highest BCUT2D eigenvalue weighted by molar-refractivity contribution is 9.10. The summed E-state index contributed by atoms with van der Waals surface area (Å²) >= 11 is 3.32. The van der Waals surface area contributed by atoms with Gasteiger partial charge < -0.3 is 10.6 Å². The topological polar surface area (TPSA) is 93.1 Å². The third kappa shape index (κ3) is 4.89. The average molecular weight is 495 g/mol. The number of benzene rings is 3. The van der Waals surface area contributed by atoms with Gasteiger partial charge in [0.25, 0.3) is 11.5 Å². The molecule has 0 fully saturated rings. The molecule has 0 unspecified atom stereocenters. The van der Waals surface area contributed by atoms with E-state index in [2.05, 4.69) is 31.5 Å². The number of fused-ring (bicyclic) bond motifs is 1. The number of hydrogen-bond donors (Lipinski definition) is 2. The van der Waals surface area contributed by atoms with Crippen LogP contribution in [0.3, 0.4) is 0 Å². The summed E-state index contributed by atoms with van der Waals surface area (Å²) in [6, 6.07) is 17.0. The van der Waals surface area contributed by atoms with Crippen LogP contribution in [0.2, 0.25) is 0 Å². The van der Waals surface area contributed by atoms with Crippen LogP contribution in [-0.4, -0.2) is 21.4 Å². The first-order valence-corrected chi connectivity index (χ1v) is 10.3. The van der Waals surface area contributed by atoms with Crippen LogP contribution in [0.1, 0.15) is 10.4 Å². The first kappa shape index (κ1) is 21.4. The summed E-state index contributed by atoms with van der Waals surface area (Å²) in [6.07, 6.45) is 1.32. The van der Waals surface area contributed by atoms with Crippen LogP contribution in [0.4, 0.5) is 15.8 Å². The van der Waals surface area contributed by atoms with Gasteiger partial charge >= 0.3 is 0 Å². The van der Waals surface area contributed by atoms with Crippen LogP contribution in [0.25, 0.3) is 10.9 Å². The maximum atomic E-state index is 13.3. The lowest BCUT2D eigenvalue weighted by atomic mass is 10.1. The van der Waals surface area contributed by atoms with Crippen molar-refractivity contribution in [1.29, 1.82) is 0 Å². The van der Waals surface area contributed by atoms with E-state index in [1.165, 1.54) is 35.2 Å². The van der Waals surface area contributed by atoms with Gasteiger partial charge in [-0.05, 0) is 54.6 Å². The summed E-state index contributed by atoms with van der Waals surface area (Å²) in [5.41, 5.74) is 1.17. The average Bonchev–Trinajstić information content (AvgIpc) is 2.76. The van der Waals surface area contributed by atoms with Crippen molar-refractivity contribution in [1.82, 2.24) is 9.55 Å². The van der Waals surface area contributed by atoms with Crippen LogP contribution in [0.5, 0.6) is 0 Å². The van der Waals surface area contributed by atoms with Gasteiger partial charge in [0.1, 0.15) is 12.4 Å². The predicted octanol–water partition coefficient (Wildman–Crippen LogP) is 4.19. The minimum Gasteiger partial charge on any atom is -0.325 e. The number of hydrogen-bond acceptors (Lipinski definition) is 4. The van der Waals surface area contributed by atoms with E-state index >= 15 is 0 Å². The Morgan fingerprint density at radius 2 is 1.72 bits per heavy atom. The van der Waals surface area contributed by atoms with Gasteiger partial charge in [0, 0.05) is 21.4 Å². The van der Waals surface area contributed by atoms with Crippen molar-refractivity contribution in [2.45, 2.75) is 6.54 Å². The quantitative estimate of drug-likeness (QED) is 0.435. The highest BCUT2D eigenvalue weighted by Crippen LogP contribution is 2.16. The fraction of sp³-hybridized carbons (Fsp3) is 0.0435. The Bertz CT molecular complexity index is 1400. The Balaban J connectivity index is 1.47. The molecule has 32 heavy (non-hydrogen) atoms. The van der Waals surface area contributed by atoms with E-state index in [4.69, 9.17) is 0 Å². The summed E-state index contributed by atoms with van der Waals surface area (Å²) in [4.78, 5) is 41.8. The number of amides is 2. The molecule has 0 spiro atoms. The van der Waals surface area contributed by atoms with Crippen molar-refractivity contribution in [2.75, 3.05) is 10.6 Å². The summed E-state index contributed by atoms with van der Waals surface area (Å²) in [6.45, 7) is -0.242. The van der Waals surface area contributed by atoms with Crippen molar-refractivity contribution in [3.63, 3.8) is 0 Å². The van der Waals surface area contributed by atoms with E-state index in [0.717, 1.165) is 4.47 Å². The van der Waals surface area contributed by atoms with Gasteiger partial charge in [-0.1, -0.05) is 28.1 Å². The van der Waals surface area contributed by atoms with E-state index in [0.29, 0.717) is 22.3 Å². The SMILES string of the molecule is O=C(Cn1cnc2ccc(Br)cc2c1=O)Nc1cccc(C(=O)Nc2cccc(F)c2)c1. The summed E-state index contributed by atoms with van der Waals surface area (Å²) < 4.78 is 15.3. The van der Waals surface area contributed by atoms with Gasteiger partial charge in [-0.25, -0.2) is 9.37 Å².